The van der Waals surface area contributed by atoms with Gasteiger partial charge in [0.2, 0.25) is 0 Å². The van der Waals surface area contributed by atoms with Crippen molar-refractivity contribution in [2.75, 3.05) is 5.75 Å². The van der Waals surface area contributed by atoms with Crippen LogP contribution in [0.2, 0.25) is 0 Å². The zero-order valence-corrected chi connectivity index (χ0v) is 10.1. The molecule has 2 N–H and O–H groups in total. The molecule has 0 aliphatic rings. The Morgan fingerprint density at radius 1 is 1.43 bits per heavy atom. The lowest BCUT2D eigenvalue weighted by Gasteiger charge is -2.20. The fourth-order valence-electron chi connectivity index (χ4n) is 0.985. The largest absolute Gasteiger partial charge is 0.480 e. The Kier molecular flexibility index (Phi) is 5.52. The summed E-state index contributed by atoms with van der Waals surface area (Å²) < 4.78 is 0. The standard InChI is InChI=1S/C10H20O3S/c1-7(2)8(9(11)12)14-6-5-10(3,4)13/h7-8,13H,5-6H2,1-4H3,(H,11,12). The zero-order chi connectivity index (χ0) is 11.4. The van der Waals surface area contributed by atoms with E-state index in [4.69, 9.17) is 5.11 Å². The van der Waals surface area contributed by atoms with Gasteiger partial charge in [0.25, 0.3) is 0 Å². The Hall–Kier alpha value is -0.220. The van der Waals surface area contributed by atoms with Crippen LogP contribution >= 0.6 is 11.8 Å². The SMILES string of the molecule is CC(C)C(SCCC(C)(C)O)C(=O)O. The molecule has 0 aliphatic heterocycles. The summed E-state index contributed by atoms with van der Waals surface area (Å²) >= 11 is 1.41. The van der Waals surface area contributed by atoms with Crippen LogP contribution in [-0.2, 0) is 4.79 Å². The molecule has 4 heteroatoms. The second-order valence-electron chi connectivity index (χ2n) is 4.44. The van der Waals surface area contributed by atoms with Crippen LogP contribution in [0.1, 0.15) is 34.1 Å². The third kappa shape index (κ3) is 6.27. The normalized spacial score (nSPS) is 14.4. The van der Waals surface area contributed by atoms with Gasteiger partial charge in [-0.2, -0.15) is 0 Å². The molecule has 14 heavy (non-hydrogen) atoms. The average Bonchev–Trinajstić information content (AvgIpc) is 1.94. The molecule has 0 aromatic carbocycles. The maximum absolute atomic E-state index is 10.8. The molecule has 0 aliphatic carbocycles. The van der Waals surface area contributed by atoms with Crippen LogP contribution in [0.5, 0.6) is 0 Å². The molecule has 0 bridgehead atoms. The van der Waals surface area contributed by atoms with Crippen molar-refractivity contribution in [3.05, 3.63) is 0 Å². The number of aliphatic carboxylic acids is 1. The lowest BCUT2D eigenvalue weighted by Crippen LogP contribution is -2.25. The second-order valence-corrected chi connectivity index (χ2v) is 5.69. The summed E-state index contributed by atoms with van der Waals surface area (Å²) in [6.07, 6.45) is 0.619. The van der Waals surface area contributed by atoms with E-state index >= 15 is 0 Å². The molecular weight excluding hydrogens is 200 g/mol. The van der Waals surface area contributed by atoms with E-state index in [2.05, 4.69) is 0 Å². The van der Waals surface area contributed by atoms with Crippen molar-refractivity contribution < 1.29 is 15.0 Å². The lowest BCUT2D eigenvalue weighted by molar-refractivity contribution is -0.137. The molecule has 0 radical (unpaired) electrons. The Balaban J connectivity index is 3.90. The summed E-state index contributed by atoms with van der Waals surface area (Å²) in [6, 6.07) is 0. The van der Waals surface area contributed by atoms with Gasteiger partial charge in [0.1, 0.15) is 5.25 Å². The van der Waals surface area contributed by atoms with Crippen molar-refractivity contribution >= 4 is 17.7 Å². The van der Waals surface area contributed by atoms with Gasteiger partial charge in [-0.05, 0) is 31.9 Å². The number of carboxylic acid groups (broad SMARTS) is 1. The van der Waals surface area contributed by atoms with Gasteiger partial charge in [-0.1, -0.05) is 13.8 Å². The molecule has 3 nitrogen and oxygen atoms in total. The van der Waals surface area contributed by atoms with Gasteiger partial charge in [0.05, 0.1) is 5.60 Å². The van der Waals surface area contributed by atoms with Gasteiger partial charge in [-0.25, -0.2) is 0 Å². The number of aliphatic hydroxyl groups is 1. The monoisotopic (exact) mass is 220 g/mol. The van der Waals surface area contributed by atoms with E-state index in [1.54, 1.807) is 13.8 Å². The first kappa shape index (κ1) is 13.8. The molecule has 0 aromatic heterocycles. The minimum atomic E-state index is -0.763. The molecule has 84 valence electrons. The Labute approximate surface area is 89.9 Å². The van der Waals surface area contributed by atoms with Crippen molar-refractivity contribution in [1.82, 2.24) is 0 Å². The summed E-state index contributed by atoms with van der Waals surface area (Å²) in [5.74, 6) is 0.0404. The third-order valence-electron chi connectivity index (χ3n) is 1.86. The van der Waals surface area contributed by atoms with Crippen LogP contribution in [0.15, 0.2) is 0 Å². The van der Waals surface area contributed by atoms with Gasteiger partial charge in [0, 0.05) is 0 Å². The molecule has 0 fully saturated rings. The molecule has 0 aromatic rings. The first-order valence-corrected chi connectivity index (χ1v) is 5.85. The first-order valence-electron chi connectivity index (χ1n) is 4.81. The number of rotatable bonds is 6. The number of carbonyl (C=O) groups is 1. The summed E-state index contributed by atoms with van der Waals surface area (Å²) in [5.41, 5.74) is -0.701. The second kappa shape index (κ2) is 5.61. The van der Waals surface area contributed by atoms with Gasteiger partial charge < -0.3 is 10.2 Å². The van der Waals surface area contributed by atoms with E-state index in [0.29, 0.717) is 12.2 Å². The molecule has 0 amide bonds. The highest BCUT2D eigenvalue weighted by atomic mass is 32.2. The topological polar surface area (TPSA) is 57.5 Å². The van der Waals surface area contributed by atoms with Crippen LogP contribution in [-0.4, -0.2) is 32.8 Å². The lowest BCUT2D eigenvalue weighted by atomic mass is 10.1. The van der Waals surface area contributed by atoms with Crippen molar-refractivity contribution in [3.63, 3.8) is 0 Å². The zero-order valence-electron chi connectivity index (χ0n) is 9.28. The van der Waals surface area contributed by atoms with E-state index in [-0.39, 0.29) is 11.2 Å². The van der Waals surface area contributed by atoms with Crippen molar-refractivity contribution in [1.29, 1.82) is 0 Å². The minimum absolute atomic E-state index is 0.124. The average molecular weight is 220 g/mol. The predicted molar refractivity (Wildman–Crippen MR) is 59.6 cm³/mol. The van der Waals surface area contributed by atoms with Gasteiger partial charge in [-0.15, -0.1) is 11.8 Å². The van der Waals surface area contributed by atoms with Crippen LogP contribution in [0.3, 0.4) is 0 Å². The quantitative estimate of drug-likeness (QED) is 0.718. The summed E-state index contributed by atoms with van der Waals surface area (Å²) in [7, 11) is 0. The molecule has 0 heterocycles. The molecular formula is C10H20O3S. The Morgan fingerprint density at radius 3 is 2.21 bits per heavy atom. The number of thioether (sulfide) groups is 1. The minimum Gasteiger partial charge on any atom is -0.480 e. The Morgan fingerprint density at radius 2 is 1.93 bits per heavy atom. The van der Waals surface area contributed by atoms with Crippen molar-refractivity contribution in [2.24, 2.45) is 5.92 Å². The molecule has 0 rings (SSSR count). The first-order chi connectivity index (χ1) is 6.24. The Bertz CT molecular complexity index is 184. The molecule has 1 atom stereocenters. The van der Waals surface area contributed by atoms with E-state index < -0.39 is 11.6 Å². The van der Waals surface area contributed by atoms with E-state index in [9.17, 15) is 9.90 Å². The van der Waals surface area contributed by atoms with E-state index in [0.717, 1.165) is 0 Å². The van der Waals surface area contributed by atoms with Crippen molar-refractivity contribution in [3.8, 4) is 0 Å². The van der Waals surface area contributed by atoms with Gasteiger partial charge in [-0.3, -0.25) is 4.79 Å². The predicted octanol–water partition coefficient (Wildman–Crippen LogP) is 1.99. The van der Waals surface area contributed by atoms with Gasteiger partial charge in [0.15, 0.2) is 0 Å². The van der Waals surface area contributed by atoms with Crippen LogP contribution in [0.25, 0.3) is 0 Å². The summed E-state index contributed by atoms with van der Waals surface area (Å²) in [5, 5.41) is 18.0. The van der Waals surface area contributed by atoms with Crippen LogP contribution < -0.4 is 0 Å². The molecule has 0 saturated carbocycles. The van der Waals surface area contributed by atoms with Crippen LogP contribution in [0.4, 0.5) is 0 Å². The maximum atomic E-state index is 10.8. The molecule has 0 spiro atoms. The van der Waals surface area contributed by atoms with Crippen LogP contribution in [0, 0.1) is 5.92 Å². The van der Waals surface area contributed by atoms with Gasteiger partial charge >= 0.3 is 5.97 Å². The fraction of sp³-hybridized carbons (Fsp3) is 0.900. The number of carboxylic acids is 1. The maximum Gasteiger partial charge on any atom is 0.316 e. The smallest absolute Gasteiger partial charge is 0.316 e. The number of hydrogen-bond acceptors (Lipinski definition) is 3. The van der Waals surface area contributed by atoms with Crippen molar-refractivity contribution in [2.45, 2.75) is 45.0 Å². The third-order valence-corrected chi connectivity index (χ3v) is 3.41. The van der Waals surface area contributed by atoms with E-state index in [1.807, 2.05) is 13.8 Å². The summed E-state index contributed by atoms with van der Waals surface area (Å²) in [4.78, 5) is 10.8. The fourth-order valence-corrected chi connectivity index (χ4v) is 2.38. The highest BCUT2D eigenvalue weighted by molar-refractivity contribution is 8.00. The highest BCUT2D eigenvalue weighted by Gasteiger charge is 2.22. The molecule has 1 unspecified atom stereocenters. The molecule has 0 saturated heterocycles. The van der Waals surface area contributed by atoms with E-state index in [1.165, 1.54) is 11.8 Å². The number of hydrogen-bond donors (Lipinski definition) is 2. The summed E-state index contributed by atoms with van der Waals surface area (Å²) in [6.45, 7) is 7.27. The highest BCUT2D eigenvalue weighted by Crippen LogP contribution is 2.22.